The second-order valence-corrected chi connectivity index (χ2v) is 11.3. The summed E-state index contributed by atoms with van der Waals surface area (Å²) < 4.78 is 6.02. The fourth-order valence-corrected chi connectivity index (χ4v) is 5.24. The molecule has 1 N–H and O–H groups in total. The molecule has 0 heterocycles. The first-order chi connectivity index (χ1) is 16.4. The van der Waals surface area contributed by atoms with Gasteiger partial charge in [0.15, 0.2) is 0 Å². The minimum absolute atomic E-state index is 0.0438. The van der Waals surface area contributed by atoms with Crippen LogP contribution in [0.25, 0.3) is 0 Å². The molecule has 1 atom stereocenters. The van der Waals surface area contributed by atoms with Gasteiger partial charge in [-0.05, 0) is 57.3 Å². The molecule has 34 heavy (non-hydrogen) atoms. The predicted octanol–water partition coefficient (Wildman–Crippen LogP) is 9.10. The lowest BCUT2D eigenvalue weighted by Gasteiger charge is -2.27. The molecular weight excluding hydrogens is 424 g/mol. The van der Waals surface area contributed by atoms with E-state index in [1.54, 1.807) is 0 Å². The molecular formula is C30H56O4. The zero-order valence-electron chi connectivity index (χ0n) is 22.8. The molecule has 0 aromatic carbocycles. The summed E-state index contributed by atoms with van der Waals surface area (Å²) in [4.78, 5) is 24.0. The van der Waals surface area contributed by atoms with E-state index in [1.807, 2.05) is 0 Å². The van der Waals surface area contributed by atoms with Crippen LogP contribution in [0.15, 0.2) is 0 Å². The summed E-state index contributed by atoms with van der Waals surface area (Å²) in [6.45, 7) is 6.82. The van der Waals surface area contributed by atoms with Crippen LogP contribution >= 0.6 is 0 Å². The molecule has 4 heteroatoms. The quantitative estimate of drug-likeness (QED) is 0.131. The van der Waals surface area contributed by atoms with Crippen molar-refractivity contribution in [2.45, 2.75) is 162 Å². The number of carboxylic acid groups (broad SMARTS) is 1. The first kappa shape index (κ1) is 31.0. The van der Waals surface area contributed by atoms with Gasteiger partial charge in [-0.2, -0.15) is 0 Å². The SMILES string of the molecule is CCCCCCCCCCCCCC(CCCCCC(C)C)OC(=O)C1CCC(C(=O)O)CC1. The predicted molar refractivity (Wildman–Crippen MR) is 142 cm³/mol. The number of carbonyl (C=O) groups is 2. The van der Waals surface area contributed by atoms with E-state index in [0.717, 1.165) is 31.6 Å². The second-order valence-electron chi connectivity index (χ2n) is 11.3. The van der Waals surface area contributed by atoms with E-state index in [4.69, 9.17) is 4.74 Å². The number of rotatable bonds is 21. The van der Waals surface area contributed by atoms with Crippen LogP contribution < -0.4 is 0 Å². The van der Waals surface area contributed by atoms with Gasteiger partial charge in [-0.15, -0.1) is 0 Å². The third kappa shape index (κ3) is 15.8. The van der Waals surface area contributed by atoms with E-state index in [2.05, 4.69) is 20.8 Å². The number of carboxylic acids is 1. The van der Waals surface area contributed by atoms with Crippen molar-refractivity contribution in [3.63, 3.8) is 0 Å². The van der Waals surface area contributed by atoms with Crippen LogP contribution in [0, 0.1) is 17.8 Å². The van der Waals surface area contributed by atoms with Crippen LogP contribution in [0.2, 0.25) is 0 Å². The number of hydrogen-bond acceptors (Lipinski definition) is 3. The van der Waals surface area contributed by atoms with Crippen LogP contribution in [0.3, 0.4) is 0 Å². The molecule has 4 nitrogen and oxygen atoms in total. The van der Waals surface area contributed by atoms with Gasteiger partial charge >= 0.3 is 11.9 Å². The van der Waals surface area contributed by atoms with Gasteiger partial charge in [0.05, 0.1) is 11.8 Å². The topological polar surface area (TPSA) is 63.6 Å². The number of hydrogen-bond donors (Lipinski definition) is 1. The van der Waals surface area contributed by atoms with Crippen molar-refractivity contribution in [3.8, 4) is 0 Å². The van der Waals surface area contributed by atoms with Crippen LogP contribution in [-0.2, 0) is 14.3 Å². The van der Waals surface area contributed by atoms with E-state index in [0.29, 0.717) is 25.7 Å². The first-order valence-corrected chi connectivity index (χ1v) is 14.9. The molecule has 1 fully saturated rings. The van der Waals surface area contributed by atoms with Crippen LogP contribution in [0.5, 0.6) is 0 Å². The molecule has 1 aliphatic carbocycles. The molecule has 200 valence electrons. The third-order valence-corrected chi connectivity index (χ3v) is 7.63. The van der Waals surface area contributed by atoms with E-state index in [1.165, 1.54) is 83.5 Å². The molecule has 1 rings (SSSR count). The molecule has 0 saturated heterocycles. The molecule has 0 amide bonds. The molecule has 0 radical (unpaired) electrons. The lowest BCUT2D eigenvalue weighted by Crippen LogP contribution is -2.29. The van der Waals surface area contributed by atoms with Crippen LogP contribution in [-0.4, -0.2) is 23.1 Å². The smallest absolute Gasteiger partial charge is 0.309 e. The van der Waals surface area contributed by atoms with Gasteiger partial charge in [-0.25, -0.2) is 0 Å². The molecule has 0 aromatic rings. The lowest BCUT2D eigenvalue weighted by atomic mass is 9.82. The zero-order chi connectivity index (χ0) is 25.0. The Bertz CT molecular complexity index is 508. The first-order valence-electron chi connectivity index (χ1n) is 14.9. The van der Waals surface area contributed by atoms with E-state index in [9.17, 15) is 14.7 Å². The van der Waals surface area contributed by atoms with E-state index in [-0.39, 0.29) is 23.9 Å². The lowest BCUT2D eigenvalue weighted by molar-refractivity contribution is -0.158. The molecule has 0 bridgehead atoms. The van der Waals surface area contributed by atoms with Gasteiger partial charge in [0.2, 0.25) is 0 Å². The normalized spacial score (nSPS) is 19.3. The van der Waals surface area contributed by atoms with Crippen LogP contribution in [0.4, 0.5) is 0 Å². The monoisotopic (exact) mass is 480 g/mol. The van der Waals surface area contributed by atoms with E-state index < -0.39 is 5.97 Å². The molecule has 0 spiro atoms. The van der Waals surface area contributed by atoms with Crippen molar-refractivity contribution in [2.75, 3.05) is 0 Å². The summed E-state index contributed by atoms with van der Waals surface area (Å²) in [5.41, 5.74) is 0. The van der Waals surface area contributed by atoms with Gasteiger partial charge in [0, 0.05) is 0 Å². The van der Waals surface area contributed by atoms with Crippen LogP contribution in [0.1, 0.15) is 156 Å². The van der Waals surface area contributed by atoms with Gasteiger partial charge in [0.1, 0.15) is 6.10 Å². The summed E-state index contributed by atoms with van der Waals surface area (Å²) in [6, 6.07) is 0. The van der Waals surface area contributed by atoms with Crippen molar-refractivity contribution in [1.82, 2.24) is 0 Å². The van der Waals surface area contributed by atoms with Gasteiger partial charge in [0.25, 0.3) is 0 Å². The maximum absolute atomic E-state index is 12.8. The average Bonchev–Trinajstić information content (AvgIpc) is 2.81. The second kappa shape index (κ2) is 20.2. The number of carbonyl (C=O) groups excluding carboxylic acids is 1. The summed E-state index contributed by atoms with van der Waals surface area (Å²) in [5, 5.41) is 9.20. The van der Waals surface area contributed by atoms with Crippen molar-refractivity contribution in [2.24, 2.45) is 17.8 Å². The van der Waals surface area contributed by atoms with Crippen molar-refractivity contribution in [3.05, 3.63) is 0 Å². The Morgan fingerprint density at radius 2 is 1.09 bits per heavy atom. The number of esters is 1. The third-order valence-electron chi connectivity index (χ3n) is 7.63. The highest BCUT2D eigenvalue weighted by molar-refractivity contribution is 5.74. The Labute approximate surface area is 211 Å². The Kier molecular flexibility index (Phi) is 18.4. The molecule has 0 aliphatic heterocycles. The maximum Gasteiger partial charge on any atom is 0.309 e. The Hall–Kier alpha value is -1.06. The Morgan fingerprint density at radius 3 is 1.56 bits per heavy atom. The number of unbranched alkanes of at least 4 members (excludes halogenated alkanes) is 12. The minimum atomic E-state index is -0.720. The van der Waals surface area contributed by atoms with E-state index >= 15 is 0 Å². The summed E-state index contributed by atoms with van der Waals surface area (Å²) >= 11 is 0. The van der Waals surface area contributed by atoms with Crippen molar-refractivity contribution in [1.29, 1.82) is 0 Å². The standard InChI is InChI=1S/C30H56O4/c1-4-5-6-7-8-9-10-11-12-13-16-19-28(20-17-14-15-18-25(2)3)34-30(33)27-23-21-26(22-24-27)29(31)32/h25-28H,4-24H2,1-3H3,(H,31,32). The largest absolute Gasteiger partial charge is 0.481 e. The molecule has 1 unspecified atom stereocenters. The fourth-order valence-electron chi connectivity index (χ4n) is 5.24. The average molecular weight is 481 g/mol. The summed E-state index contributed by atoms with van der Waals surface area (Å²) in [5.74, 6) is -0.416. The number of ether oxygens (including phenoxy) is 1. The summed E-state index contributed by atoms with van der Waals surface area (Å²) in [7, 11) is 0. The van der Waals surface area contributed by atoms with Gasteiger partial charge < -0.3 is 9.84 Å². The Morgan fingerprint density at radius 1 is 0.676 bits per heavy atom. The molecule has 0 aromatic heterocycles. The molecule has 1 saturated carbocycles. The minimum Gasteiger partial charge on any atom is -0.481 e. The zero-order valence-corrected chi connectivity index (χ0v) is 22.8. The fraction of sp³-hybridized carbons (Fsp3) is 0.933. The van der Waals surface area contributed by atoms with Crippen molar-refractivity contribution >= 4 is 11.9 Å². The Balaban J connectivity index is 2.28. The van der Waals surface area contributed by atoms with Gasteiger partial charge in [-0.1, -0.05) is 104 Å². The highest BCUT2D eigenvalue weighted by Crippen LogP contribution is 2.30. The summed E-state index contributed by atoms with van der Waals surface area (Å²) in [6.07, 6.45) is 24.1. The van der Waals surface area contributed by atoms with Gasteiger partial charge in [-0.3, -0.25) is 9.59 Å². The van der Waals surface area contributed by atoms with Crippen molar-refractivity contribution < 1.29 is 19.4 Å². The highest BCUT2D eigenvalue weighted by atomic mass is 16.5. The maximum atomic E-state index is 12.8. The number of aliphatic carboxylic acids is 1. The highest BCUT2D eigenvalue weighted by Gasteiger charge is 2.31. The molecule has 1 aliphatic rings.